The lowest BCUT2D eigenvalue weighted by Gasteiger charge is -2.25. The maximum Gasteiger partial charge on any atom is 0.231 e. The molecule has 0 saturated carbocycles. The molecule has 0 saturated heterocycles. The van der Waals surface area contributed by atoms with Crippen molar-refractivity contribution in [1.29, 1.82) is 0 Å². The van der Waals surface area contributed by atoms with Crippen LogP contribution in [0.5, 0.6) is 0 Å². The number of fused-ring (bicyclic) bond motifs is 1. The van der Waals surface area contributed by atoms with Gasteiger partial charge in [0.2, 0.25) is 9.76 Å². The number of unbranched alkanes of at least 4 members (excludes halogenated alkanes) is 1. The van der Waals surface area contributed by atoms with Gasteiger partial charge in [0.1, 0.15) is 0 Å². The van der Waals surface area contributed by atoms with E-state index >= 15 is 0 Å². The Morgan fingerprint density at radius 1 is 1.16 bits per heavy atom. The monoisotopic (exact) mass is 271 g/mol. The van der Waals surface area contributed by atoms with Gasteiger partial charge in [-0.1, -0.05) is 44.0 Å². The van der Waals surface area contributed by atoms with Crippen LogP contribution in [0.25, 0.3) is 10.9 Å². The molecule has 100 valence electrons. The second-order valence-electron chi connectivity index (χ2n) is 5.25. The van der Waals surface area contributed by atoms with Crippen LogP contribution in [-0.2, 0) is 10.0 Å². The second kappa shape index (κ2) is 6.31. The molecule has 2 aromatic rings. The van der Waals surface area contributed by atoms with E-state index in [0.717, 1.165) is 17.3 Å². The Hall–Kier alpha value is -1.19. The number of benzene rings is 1. The summed E-state index contributed by atoms with van der Waals surface area (Å²) in [5, 5.41) is 1.18. The van der Waals surface area contributed by atoms with Crippen molar-refractivity contribution < 1.29 is 4.43 Å². The molecule has 0 amide bonds. The molecule has 0 spiro atoms. The first kappa shape index (κ1) is 14.2. The van der Waals surface area contributed by atoms with Crippen LogP contribution >= 0.6 is 0 Å². The quantitative estimate of drug-likeness (QED) is 0.576. The summed E-state index contributed by atoms with van der Waals surface area (Å²) in [7, 11) is 0.553. The lowest BCUT2D eigenvalue weighted by atomic mass is 10.0. The van der Waals surface area contributed by atoms with Crippen LogP contribution in [0, 0.1) is 0 Å². The van der Waals surface area contributed by atoms with E-state index in [1.165, 1.54) is 18.2 Å². The third-order valence-electron chi connectivity index (χ3n) is 3.17. The van der Waals surface area contributed by atoms with Gasteiger partial charge in [-0.2, -0.15) is 0 Å². The fraction of sp³-hybridized carbons (Fsp3) is 0.438. The zero-order valence-corrected chi connectivity index (χ0v) is 12.9. The predicted octanol–water partition coefficient (Wildman–Crippen LogP) is 4.32. The highest BCUT2D eigenvalue weighted by Gasteiger charge is 2.22. The van der Waals surface area contributed by atoms with Crippen LogP contribution in [0.15, 0.2) is 36.4 Å². The topological polar surface area (TPSA) is 22.1 Å². The lowest BCUT2D eigenvalue weighted by molar-refractivity contribution is 0.110. The molecule has 0 fully saturated rings. The van der Waals surface area contributed by atoms with Crippen LogP contribution in [0.1, 0.15) is 39.3 Å². The average Bonchev–Trinajstić information content (AvgIpc) is 2.43. The number of aromatic nitrogens is 1. The van der Waals surface area contributed by atoms with Crippen molar-refractivity contribution in [3.8, 4) is 0 Å². The molecule has 1 aromatic heterocycles. The summed E-state index contributed by atoms with van der Waals surface area (Å²) in [6.07, 6.45) is 2.46. The summed E-state index contributed by atoms with van der Waals surface area (Å²) in [4.78, 5) is 4.73. The molecule has 2 nitrogen and oxygen atoms in total. The van der Waals surface area contributed by atoms with E-state index in [0.29, 0.717) is 9.76 Å². The Balaban J connectivity index is 2.12. The first-order valence-corrected chi connectivity index (χ1v) is 8.02. The fourth-order valence-corrected chi connectivity index (χ4v) is 3.00. The van der Waals surface area contributed by atoms with Gasteiger partial charge >= 0.3 is 0 Å². The number of nitrogens with zero attached hydrogens (tertiary/aromatic N) is 1. The van der Waals surface area contributed by atoms with E-state index in [1.54, 1.807) is 0 Å². The van der Waals surface area contributed by atoms with E-state index < -0.39 is 0 Å². The molecule has 0 unspecified atom stereocenters. The summed E-state index contributed by atoms with van der Waals surface area (Å²) < 4.78 is 6.03. The van der Waals surface area contributed by atoms with Gasteiger partial charge in [-0.15, -0.1) is 0 Å². The van der Waals surface area contributed by atoms with E-state index in [2.05, 4.69) is 39.0 Å². The van der Waals surface area contributed by atoms with E-state index in [9.17, 15) is 0 Å². The van der Waals surface area contributed by atoms with Crippen molar-refractivity contribution in [2.45, 2.75) is 45.3 Å². The summed E-state index contributed by atoms with van der Waals surface area (Å²) >= 11 is 0. The average molecular weight is 271 g/mol. The first-order chi connectivity index (χ1) is 9.13. The summed E-state index contributed by atoms with van der Waals surface area (Å²) in [5.41, 5.74) is 1.74. The van der Waals surface area contributed by atoms with Crippen molar-refractivity contribution >= 4 is 20.7 Å². The number of hydrogen-bond donors (Lipinski definition) is 0. The number of hydrogen-bond acceptors (Lipinski definition) is 2. The Bertz CT molecular complexity index is 539. The van der Waals surface area contributed by atoms with Gasteiger partial charge in [0, 0.05) is 5.39 Å². The van der Waals surface area contributed by atoms with Crippen LogP contribution < -0.4 is 0 Å². The highest BCUT2D eigenvalue weighted by atomic mass is 28.2. The van der Waals surface area contributed by atoms with E-state index in [4.69, 9.17) is 9.41 Å². The molecule has 2 rings (SSSR count). The van der Waals surface area contributed by atoms with E-state index in [1.807, 2.05) is 18.2 Å². The summed E-state index contributed by atoms with van der Waals surface area (Å²) in [5.74, 6) is 0. The van der Waals surface area contributed by atoms with Crippen molar-refractivity contribution in [3.63, 3.8) is 0 Å². The second-order valence-corrected chi connectivity index (χ2v) is 6.24. The van der Waals surface area contributed by atoms with Gasteiger partial charge in [-0.05, 0) is 32.0 Å². The molecular weight excluding hydrogens is 250 g/mol. The summed E-state index contributed by atoms with van der Waals surface area (Å²) in [6, 6.07) is 13.5. The maximum absolute atomic E-state index is 6.03. The maximum atomic E-state index is 6.03. The molecule has 0 aliphatic heterocycles. The van der Waals surface area contributed by atoms with Crippen LogP contribution in [0.2, 0.25) is 6.04 Å². The summed E-state index contributed by atoms with van der Waals surface area (Å²) in [6.45, 7) is 6.41. The molecular formula is C16H21NOSi. The highest BCUT2D eigenvalue weighted by molar-refractivity contribution is 6.27. The number of para-hydroxylation sites is 1. The standard InChI is InChI=1S/C16H21NOSi/c1-4-5-12-19-18-16(2,3)15-11-10-13-8-6-7-9-14(13)17-15/h6-11H,4-5,12H2,1-3H3. The van der Waals surface area contributed by atoms with Crippen LogP contribution in [0.4, 0.5) is 0 Å². The van der Waals surface area contributed by atoms with Gasteiger partial charge in [-0.25, -0.2) is 4.98 Å². The highest BCUT2D eigenvalue weighted by Crippen LogP contribution is 2.25. The molecule has 0 atom stereocenters. The van der Waals surface area contributed by atoms with Crippen LogP contribution in [-0.4, -0.2) is 14.7 Å². The van der Waals surface area contributed by atoms with Gasteiger partial charge in [0.25, 0.3) is 0 Å². The molecule has 19 heavy (non-hydrogen) atoms. The zero-order chi connectivity index (χ0) is 13.7. The zero-order valence-electron chi connectivity index (χ0n) is 11.9. The molecule has 2 radical (unpaired) electrons. The van der Waals surface area contributed by atoms with Crippen LogP contribution in [0.3, 0.4) is 0 Å². The van der Waals surface area contributed by atoms with E-state index in [-0.39, 0.29) is 5.60 Å². The van der Waals surface area contributed by atoms with Crippen molar-refractivity contribution in [1.82, 2.24) is 4.98 Å². The fourth-order valence-electron chi connectivity index (χ4n) is 1.93. The predicted molar refractivity (Wildman–Crippen MR) is 81.3 cm³/mol. The Labute approximate surface area is 118 Å². The first-order valence-electron chi connectivity index (χ1n) is 6.90. The Morgan fingerprint density at radius 3 is 2.74 bits per heavy atom. The smallest absolute Gasteiger partial charge is 0.231 e. The lowest BCUT2D eigenvalue weighted by Crippen LogP contribution is -2.25. The van der Waals surface area contributed by atoms with Gasteiger partial charge in [-0.3, -0.25) is 0 Å². The van der Waals surface area contributed by atoms with Crippen molar-refractivity contribution in [2.75, 3.05) is 0 Å². The number of pyridine rings is 1. The SMILES string of the molecule is CCCC[Si]OC(C)(C)c1ccc2ccccc2n1. The number of rotatable bonds is 6. The minimum Gasteiger partial charge on any atom is -0.407 e. The normalized spacial score (nSPS) is 11.9. The van der Waals surface area contributed by atoms with Crippen molar-refractivity contribution in [3.05, 3.63) is 42.1 Å². The molecule has 1 heterocycles. The minimum absolute atomic E-state index is 0.309. The largest absolute Gasteiger partial charge is 0.407 e. The third kappa shape index (κ3) is 3.64. The minimum atomic E-state index is -0.309. The van der Waals surface area contributed by atoms with Crippen molar-refractivity contribution in [2.24, 2.45) is 0 Å². The van der Waals surface area contributed by atoms with Gasteiger partial charge < -0.3 is 4.43 Å². The Morgan fingerprint density at radius 2 is 1.95 bits per heavy atom. The molecule has 0 aliphatic rings. The molecule has 0 bridgehead atoms. The van der Waals surface area contributed by atoms with Gasteiger partial charge in [0.05, 0.1) is 16.8 Å². The molecule has 0 N–H and O–H groups in total. The molecule has 0 aliphatic carbocycles. The third-order valence-corrected chi connectivity index (χ3v) is 4.39. The molecule has 1 aromatic carbocycles. The Kier molecular flexibility index (Phi) is 4.72. The van der Waals surface area contributed by atoms with Gasteiger partial charge in [0.15, 0.2) is 0 Å². The molecule has 3 heteroatoms.